The van der Waals surface area contributed by atoms with E-state index in [-0.39, 0.29) is 23.8 Å². The number of ether oxygens (including phenoxy) is 2. The number of benzene rings is 2. The second-order valence-electron chi connectivity index (χ2n) is 9.70. The van der Waals surface area contributed by atoms with Gasteiger partial charge in [0, 0.05) is 31.9 Å². The number of hydrogen-bond donors (Lipinski definition) is 2. The standard InChI is InChI=1S/C26H29F3N6O3/c1-17(18-5-7-19(8-6-18)23-31-33-34-32-23)30-24(36)25(10-13-37-14-11-25)35-12-9-22(16-35)38-21-4-2-3-20(15-21)26(27,28)29/h2-8,15,17,22H,9-14,16H2,1H3,(H,30,36)(H,31,32,33,34)/t17-,22?/m0/s1. The van der Waals surface area contributed by atoms with Crippen LogP contribution in [0.5, 0.6) is 5.75 Å². The van der Waals surface area contributed by atoms with Crippen LogP contribution in [-0.4, -0.2) is 69.4 Å². The SMILES string of the molecule is C[C@H](NC(=O)C1(N2CCC(Oc3cccc(C(F)(F)F)c3)C2)CCOCC1)c1ccc(-c2nn[nH]n2)cc1. The van der Waals surface area contributed by atoms with Gasteiger partial charge in [0.15, 0.2) is 0 Å². The zero-order chi connectivity index (χ0) is 26.8. The van der Waals surface area contributed by atoms with Crippen molar-refractivity contribution in [1.29, 1.82) is 0 Å². The third kappa shape index (κ3) is 5.51. The number of aromatic nitrogens is 4. The van der Waals surface area contributed by atoms with Crippen molar-refractivity contribution in [3.8, 4) is 17.1 Å². The smallest absolute Gasteiger partial charge is 0.416 e. The molecule has 1 unspecified atom stereocenters. The molecule has 202 valence electrons. The lowest BCUT2D eigenvalue weighted by Gasteiger charge is -2.43. The Hall–Kier alpha value is -3.51. The summed E-state index contributed by atoms with van der Waals surface area (Å²) in [6, 6.07) is 12.3. The van der Waals surface area contributed by atoms with E-state index in [4.69, 9.17) is 9.47 Å². The van der Waals surface area contributed by atoms with Crippen LogP contribution in [0.25, 0.3) is 11.4 Å². The molecule has 2 aliphatic rings. The molecule has 0 saturated carbocycles. The van der Waals surface area contributed by atoms with Crippen molar-refractivity contribution >= 4 is 5.91 Å². The van der Waals surface area contributed by atoms with E-state index in [2.05, 4.69) is 30.8 Å². The highest BCUT2D eigenvalue weighted by Gasteiger charge is 2.48. The number of amides is 1. The Morgan fingerprint density at radius 1 is 1.21 bits per heavy atom. The van der Waals surface area contributed by atoms with Gasteiger partial charge in [0.05, 0.1) is 11.6 Å². The molecule has 0 spiro atoms. The summed E-state index contributed by atoms with van der Waals surface area (Å²) in [6.45, 7) is 3.88. The Morgan fingerprint density at radius 3 is 2.66 bits per heavy atom. The second-order valence-corrected chi connectivity index (χ2v) is 9.70. The monoisotopic (exact) mass is 530 g/mol. The number of alkyl halides is 3. The summed E-state index contributed by atoms with van der Waals surface area (Å²) in [5.41, 5.74) is 0.221. The number of nitrogens with zero attached hydrogens (tertiary/aromatic N) is 4. The van der Waals surface area contributed by atoms with E-state index in [9.17, 15) is 18.0 Å². The van der Waals surface area contributed by atoms with E-state index in [0.717, 1.165) is 23.3 Å². The Balaban J connectivity index is 1.26. The molecule has 3 aromatic rings. The highest BCUT2D eigenvalue weighted by molar-refractivity contribution is 5.87. The predicted molar refractivity (Wildman–Crippen MR) is 131 cm³/mol. The first-order valence-electron chi connectivity index (χ1n) is 12.6. The van der Waals surface area contributed by atoms with Gasteiger partial charge >= 0.3 is 6.18 Å². The average molecular weight is 531 g/mol. The molecule has 38 heavy (non-hydrogen) atoms. The quantitative estimate of drug-likeness (QED) is 0.479. The van der Waals surface area contributed by atoms with Crippen LogP contribution in [0.1, 0.15) is 43.4 Å². The highest BCUT2D eigenvalue weighted by Crippen LogP contribution is 2.35. The van der Waals surface area contributed by atoms with Crippen LogP contribution in [0, 0.1) is 0 Å². The number of halogens is 3. The minimum absolute atomic E-state index is 0.0877. The molecule has 2 atom stereocenters. The highest BCUT2D eigenvalue weighted by atomic mass is 19.4. The fourth-order valence-corrected chi connectivity index (χ4v) is 5.17. The third-order valence-corrected chi connectivity index (χ3v) is 7.32. The van der Waals surface area contributed by atoms with E-state index >= 15 is 0 Å². The molecule has 2 fully saturated rings. The van der Waals surface area contributed by atoms with Gasteiger partial charge in [0.1, 0.15) is 17.4 Å². The van der Waals surface area contributed by atoms with Gasteiger partial charge in [-0.3, -0.25) is 9.69 Å². The number of nitrogens with one attached hydrogen (secondary N) is 2. The van der Waals surface area contributed by atoms with Crippen LogP contribution in [0.2, 0.25) is 0 Å². The maximum atomic E-state index is 13.8. The lowest BCUT2D eigenvalue weighted by Crippen LogP contribution is -2.61. The lowest BCUT2D eigenvalue weighted by atomic mass is 9.86. The number of tetrazole rings is 1. The molecular weight excluding hydrogens is 501 g/mol. The lowest BCUT2D eigenvalue weighted by molar-refractivity contribution is -0.141. The molecule has 2 aromatic carbocycles. The van der Waals surface area contributed by atoms with Crippen molar-refractivity contribution in [2.24, 2.45) is 0 Å². The fourth-order valence-electron chi connectivity index (χ4n) is 5.17. The molecule has 2 N–H and O–H groups in total. The van der Waals surface area contributed by atoms with E-state index in [1.807, 2.05) is 31.2 Å². The number of rotatable bonds is 7. The van der Waals surface area contributed by atoms with Gasteiger partial charge < -0.3 is 14.8 Å². The summed E-state index contributed by atoms with van der Waals surface area (Å²) in [6.07, 6.45) is -3.09. The van der Waals surface area contributed by atoms with E-state index < -0.39 is 17.3 Å². The zero-order valence-electron chi connectivity index (χ0n) is 20.9. The number of hydrogen-bond acceptors (Lipinski definition) is 7. The van der Waals surface area contributed by atoms with Crippen LogP contribution in [-0.2, 0) is 15.7 Å². The maximum absolute atomic E-state index is 13.8. The fraction of sp³-hybridized carbons (Fsp3) is 0.462. The Morgan fingerprint density at radius 2 is 1.97 bits per heavy atom. The van der Waals surface area contributed by atoms with Crippen molar-refractivity contribution in [2.75, 3.05) is 26.3 Å². The summed E-state index contributed by atoms with van der Waals surface area (Å²) in [7, 11) is 0. The van der Waals surface area contributed by atoms with Gasteiger partial charge in [-0.05, 0) is 55.2 Å². The first-order chi connectivity index (χ1) is 18.2. The minimum Gasteiger partial charge on any atom is -0.489 e. The largest absolute Gasteiger partial charge is 0.489 e. The van der Waals surface area contributed by atoms with Crippen LogP contribution in [0.4, 0.5) is 13.2 Å². The number of H-pyrrole nitrogens is 1. The molecule has 9 nitrogen and oxygen atoms in total. The van der Waals surface area contributed by atoms with E-state index in [0.29, 0.717) is 51.4 Å². The molecule has 0 bridgehead atoms. The Labute approximate surface area is 217 Å². The van der Waals surface area contributed by atoms with Crippen molar-refractivity contribution in [1.82, 2.24) is 30.8 Å². The number of carbonyl (C=O) groups is 1. The molecule has 12 heteroatoms. The zero-order valence-corrected chi connectivity index (χ0v) is 20.9. The molecule has 2 saturated heterocycles. The summed E-state index contributed by atoms with van der Waals surface area (Å²) in [4.78, 5) is 15.9. The van der Waals surface area contributed by atoms with Gasteiger partial charge in [0.2, 0.25) is 11.7 Å². The van der Waals surface area contributed by atoms with Gasteiger partial charge in [-0.15, -0.1) is 10.2 Å². The molecule has 0 aliphatic carbocycles. The topological polar surface area (TPSA) is 105 Å². The van der Waals surface area contributed by atoms with Gasteiger partial charge in [-0.2, -0.15) is 18.4 Å². The van der Waals surface area contributed by atoms with Gasteiger partial charge in [0.25, 0.3) is 0 Å². The van der Waals surface area contributed by atoms with Crippen LogP contribution >= 0.6 is 0 Å². The number of likely N-dealkylation sites (tertiary alicyclic amines) is 1. The van der Waals surface area contributed by atoms with Crippen molar-refractivity contribution in [3.05, 3.63) is 59.7 Å². The van der Waals surface area contributed by atoms with Crippen molar-refractivity contribution in [2.45, 2.75) is 50.0 Å². The third-order valence-electron chi connectivity index (χ3n) is 7.32. The average Bonchev–Trinajstić information content (AvgIpc) is 3.62. The molecule has 0 radical (unpaired) electrons. The molecule has 2 aliphatic heterocycles. The first kappa shape index (κ1) is 26.1. The normalized spacial score (nSPS) is 20.7. The molecule has 1 amide bonds. The predicted octanol–water partition coefficient (Wildman–Crippen LogP) is 3.77. The van der Waals surface area contributed by atoms with Crippen LogP contribution in [0.15, 0.2) is 48.5 Å². The minimum atomic E-state index is -4.44. The molecule has 3 heterocycles. The van der Waals surface area contributed by atoms with Gasteiger partial charge in [-0.25, -0.2) is 0 Å². The van der Waals surface area contributed by atoms with Crippen LogP contribution in [0.3, 0.4) is 0 Å². The maximum Gasteiger partial charge on any atom is 0.416 e. The number of aromatic amines is 1. The molecule has 1 aromatic heterocycles. The second kappa shape index (κ2) is 10.7. The van der Waals surface area contributed by atoms with E-state index in [1.165, 1.54) is 12.1 Å². The van der Waals surface area contributed by atoms with Crippen molar-refractivity contribution < 1.29 is 27.4 Å². The summed E-state index contributed by atoms with van der Waals surface area (Å²) >= 11 is 0. The summed E-state index contributed by atoms with van der Waals surface area (Å²) in [5.74, 6) is 0.579. The Bertz CT molecular complexity index is 1230. The van der Waals surface area contributed by atoms with Crippen molar-refractivity contribution in [3.63, 3.8) is 0 Å². The summed E-state index contributed by atoms with van der Waals surface area (Å²) < 4.78 is 50.8. The van der Waals surface area contributed by atoms with Crippen LogP contribution < -0.4 is 10.1 Å². The summed E-state index contributed by atoms with van der Waals surface area (Å²) in [5, 5.41) is 17.1. The first-order valence-corrected chi connectivity index (χ1v) is 12.6. The molecule has 5 rings (SSSR count). The number of carbonyl (C=O) groups excluding carboxylic acids is 1. The molecular formula is C26H29F3N6O3. The van der Waals surface area contributed by atoms with Gasteiger partial charge in [-0.1, -0.05) is 30.3 Å². The van der Waals surface area contributed by atoms with E-state index in [1.54, 1.807) is 0 Å². The Kier molecular flexibility index (Phi) is 7.35.